The molecule has 0 unspecified atom stereocenters. The summed E-state index contributed by atoms with van der Waals surface area (Å²) in [4.78, 5) is 31.3. The third kappa shape index (κ3) is 3.95. The van der Waals surface area contributed by atoms with Crippen LogP contribution in [0, 0.1) is 0 Å². The average Bonchev–Trinajstić information content (AvgIpc) is 2.97. The van der Waals surface area contributed by atoms with Gasteiger partial charge in [0.2, 0.25) is 5.91 Å². The molecule has 7 nitrogen and oxygen atoms in total. The van der Waals surface area contributed by atoms with E-state index in [-0.39, 0.29) is 35.6 Å². The summed E-state index contributed by atoms with van der Waals surface area (Å²) in [5.74, 6) is -0.113. The molecule has 1 saturated heterocycles. The number of carbonyl (C=O) groups is 1. The molecule has 26 heavy (non-hydrogen) atoms. The quantitative estimate of drug-likeness (QED) is 0.755. The summed E-state index contributed by atoms with van der Waals surface area (Å²) in [5.41, 5.74) is 0.323. The van der Waals surface area contributed by atoms with Crippen LogP contribution in [0.25, 0.3) is 10.9 Å². The van der Waals surface area contributed by atoms with Crippen LogP contribution in [0.2, 0.25) is 0 Å². The number of hydrogen-bond donors (Lipinski definition) is 0. The van der Waals surface area contributed by atoms with Crippen LogP contribution in [0.15, 0.2) is 35.4 Å². The molecule has 2 heterocycles. The van der Waals surface area contributed by atoms with Crippen molar-refractivity contribution in [2.75, 3.05) is 18.1 Å². The maximum absolute atomic E-state index is 12.8. The molecule has 3 rings (SSSR count). The van der Waals surface area contributed by atoms with Crippen molar-refractivity contribution in [2.24, 2.45) is 0 Å². The Balaban J connectivity index is 1.83. The minimum absolute atomic E-state index is 0.00727. The monoisotopic (exact) mass is 377 g/mol. The van der Waals surface area contributed by atoms with E-state index in [0.717, 1.165) is 12.8 Å². The van der Waals surface area contributed by atoms with E-state index in [1.54, 1.807) is 29.2 Å². The fourth-order valence-corrected chi connectivity index (χ4v) is 5.05. The molecule has 0 bridgehead atoms. The molecule has 1 aliphatic heterocycles. The summed E-state index contributed by atoms with van der Waals surface area (Å²) >= 11 is 0. The zero-order valence-corrected chi connectivity index (χ0v) is 15.6. The normalized spacial score (nSPS) is 18.9. The Morgan fingerprint density at radius 3 is 2.81 bits per heavy atom. The molecule has 1 aromatic carbocycles. The molecule has 0 radical (unpaired) electrons. The van der Waals surface area contributed by atoms with Gasteiger partial charge in [0, 0.05) is 12.6 Å². The molecule has 140 valence electrons. The van der Waals surface area contributed by atoms with Gasteiger partial charge in [0.1, 0.15) is 6.54 Å². The van der Waals surface area contributed by atoms with Gasteiger partial charge in [-0.3, -0.25) is 14.2 Å². The van der Waals surface area contributed by atoms with Gasteiger partial charge >= 0.3 is 0 Å². The number of amides is 1. The fourth-order valence-electron chi connectivity index (χ4n) is 3.32. The Labute approximate surface area is 152 Å². The highest BCUT2D eigenvalue weighted by Gasteiger charge is 2.34. The van der Waals surface area contributed by atoms with Crippen LogP contribution < -0.4 is 5.56 Å². The van der Waals surface area contributed by atoms with Crippen LogP contribution in [0.1, 0.15) is 26.2 Å². The first-order valence-electron chi connectivity index (χ1n) is 8.85. The average molecular weight is 377 g/mol. The largest absolute Gasteiger partial charge is 0.337 e. The number of rotatable bonds is 6. The predicted molar refractivity (Wildman–Crippen MR) is 99.7 cm³/mol. The maximum atomic E-state index is 12.8. The van der Waals surface area contributed by atoms with Crippen molar-refractivity contribution < 1.29 is 13.2 Å². The molecule has 2 aromatic rings. The number of unbranched alkanes of at least 4 members (excludes halogenated alkanes) is 1. The highest BCUT2D eigenvalue weighted by atomic mass is 32.2. The lowest BCUT2D eigenvalue weighted by Gasteiger charge is -2.28. The van der Waals surface area contributed by atoms with E-state index < -0.39 is 9.84 Å². The Morgan fingerprint density at radius 1 is 1.35 bits per heavy atom. The number of hydrogen-bond acceptors (Lipinski definition) is 5. The van der Waals surface area contributed by atoms with E-state index in [1.807, 2.05) is 6.92 Å². The Kier molecular flexibility index (Phi) is 5.41. The first-order valence-corrected chi connectivity index (χ1v) is 10.7. The number of sulfone groups is 1. The first kappa shape index (κ1) is 18.6. The topological polar surface area (TPSA) is 89.3 Å². The first-order chi connectivity index (χ1) is 12.4. The highest BCUT2D eigenvalue weighted by molar-refractivity contribution is 7.91. The molecule has 1 atom stereocenters. The van der Waals surface area contributed by atoms with E-state index in [0.29, 0.717) is 23.9 Å². The summed E-state index contributed by atoms with van der Waals surface area (Å²) in [6, 6.07) is 6.69. The van der Waals surface area contributed by atoms with Gasteiger partial charge in [-0.1, -0.05) is 25.5 Å². The number of nitrogens with zero attached hydrogens (tertiary/aromatic N) is 3. The van der Waals surface area contributed by atoms with E-state index in [2.05, 4.69) is 4.98 Å². The zero-order valence-electron chi connectivity index (χ0n) is 14.8. The highest BCUT2D eigenvalue weighted by Crippen LogP contribution is 2.19. The Morgan fingerprint density at radius 2 is 2.12 bits per heavy atom. The number of carbonyl (C=O) groups excluding carboxylic acids is 1. The van der Waals surface area contributed by atoms with Crippen molar-refractivity contribution in [3.05, 3.63) is 40.9 Å². The lowest BCUT2D eigenvalue weighted by atomic mass is 10.2. The third-order valence-corrected chi connectivity index (χ3v) is 6.51. The lowest BCUT2D eigenvalue weighted by Crippen LogP contribution is -2.44. The van der Waals surface area contributed by atoms with Gasteiger partial charge in [-0.25, -0.2) is 13.4 Å². The molecule has 0 N–H and O–H groups in total. The Hall–Kier alpha value is -2.22. The summed E-state index contributed by atoms with van der Waals surface area (Å²) in [7, 11) is -3.08. The van der Waals surface area contributed by atoms with Crippen molar-refractivity contribution in [2.45, 2.75) is 38.8 Å². The molecule has 8 heteroatoms. The predicted octanol–water partition coefficient (Wildman–Crippen LogP) is 1.21. The fraction of sp³-hybridized carbons (Fsp3) is 0.500. The lowest BCUT2D eigenvalue weighted by molar-refractivity contribution is -0.133. The number of para-hydroxylation sites is 1. The summed E-state index contributed by atoms with van der Waals surface area (Å²) < 4.78 is 24.9. The summed E-state index contributed by atoms with van der Waals surface area (Å²) in [5, 5.41) is 0.464. The van der Waals surface area contributed by atoms with Gasteiger partial charge in [-0.05, 0) is 25.0 Å². The number of aromatic nitrogens is 2. The van der Waals surface area contributed by atoms with Crippen molar-refractivity contribution in [1.82, 2.24) is 14.5 Å². The van der Waals surface area contributed by atoms with Crippen LogP contribution in [0.5, 0.6) is 0 Å². The molecule has 1 fully saturated rings. The van der Waals surface area contributed by atoms with Gasteiger partial charge in [0.25, 0.3) is 5.56 Å². The number of fused-ring (bicyclic) bond motifs is 1. The molecule has 0 spiro atoms. The van der Waals surface area contributed by atoms with E-state index >= 15 is 0 Å². The van der Waals surface area contributed by atoms with Gasteiger partial charge in [0.05, 0.1) is 28.7 Å². The molecular weight excluding hydrogens is 354 g/mol. The van der Waals surface area contributed by atoms with Crippen LogP contribution in [0.4, 0.5) is 0 Å². The van der Waals surface area contributed by atoms with Crippen molar-refractivity contribution in [3.63, 3.8) is 0 Å². The smallest absolute Gasteiger partial charge is 0.261 e. The van der Waals surface area contributed by atoms with E-state index in [1.165, 1.54) is 10.9 Å². The van der Waals surface area contributed by atoms with Gasteiger partial charge < -0.3 is 4.90 Å². The molecule has 0 aliphatic carbocycles. The van der Waals surface area contributed by atoms with Crippen molar-refractivity contribution >= 4 is 26.6 Å². The zero-order chi connectivity index (χ0) is 18.7. The van der Waals surface area contributed by atoms with Crippen molar-refractivity contribution in [1.29, 1.82) is 0 Å². The number of benzene rings is 1. The second-order valence-electron chi connectivity index (χ2n) is 6.69. The van der Waals surface area contributed by atoms with E-state index in [4.69, 9.17) is 0 Å². The summed E-state index contributed by atoms with van der Waals surface area (Å²) in [6.07, 6.45) is 3.54. The van der Waals surface area contributed by atoms with Crippen LogP contribution in [0.3, 0.4) is 0 Å². The Bertz CT molecular complexity index is 968. The summed E-state index contributed by atoms with van der Waals surface area (Å²) in [6.45, 7) is 2.40. The van der Waals surface area contributed by atoms with Gasteiger partial charge in [-0.2, -0.15) is 0 Å². The second kappa shape index (κ2) is 7.57. The van der Waals surface area contributed by atoms with Gasteiger partial charge in [0.15, 0.2) is 9.84 Å². The molecule has 1 amide bonds. The minimum atomic E-state index is -3.08. The standard InChI is InChI=1S/C18H23N3O4S/c1-2-3-9-21(14-8-10-26(24,25)12-14)17(22)11-20-13-19-16-7-5-4-6-15(16)18(20)23/h4-7,13-14H,2-3,8-12H2,1H3/t14-/m1/s1. The molecule has 1 aliphatic rings. The van der Waals surface area contributed by atoms with Gasteiger partial charge in [-0.15, -0.1) is 0 Å². The molecular formula is C18H23N3O4S. The van der Waals surface area contributed by atoms with Crippen molar-refractivity contribution in [3.8, 4) is 0 Å². The minimum Gasteiger partial charge on any atom is -0.337 e. The molecule has 1 aromatic heterocycles. The van der Waals surface area contributed by atoms with Crippen LogP contribution >= 0.6 is 0 Å². The van der Waals surface area contributed by atoms with E-state index in [9.17, 15) is 18.0 Å². The van der Waals surface area contributed by atoms with Crippen LogP contribution in [-0.2, 0) is 21.2 Å². The third-order valence-electron chi connectivity index (χ3n) is 4.76. The molecule has 0 saturated carbocycles. The maximum Gasteiger partial charge on any atom is 0.261 e. The second-order valence-corrected chi connectivity index (χ2v) is 8.92. The van der Waals surface area contributed by atoms with Crippen LogP contribution in [-0.4, -0.2) is 52.9 Å². The SMILES string of the molecule is CCCCN(C(=O)Cn1cnc2ccccc2c1=O)[C@@H]1CCS(=O)(=O)C1.